The molecular formula is C17H28N2O2. The summed E-state index contributed by atoms with van der Waals surface area (Å²) in [5.41, 5.74) is 1.14. The number of likely N-dealkylation sites (N-methyl/N-ethyl adjacent to an activating group) is 1. The van der Waals surface area contributed by atoms with Crippen molar-refractivity contribution in [2.75, 3.05) is 27.7 Å². The molecule has 0 aromatic heterocycles. The van der Waals surface area contributed by atoms with Crippen LogP contribution in [0.3, 0.4) is 0 Å². The van der Waals surface area contributed by atoms with Gasteiger partial charge in [-0.3, -0.25) is 4.79 Å². The maximum absolute atomic E-state index is 12.1. The second-order valence-electron chi connectivity index (χ2n) is 5.69. The lowest BCUT2D eigenvalue weighted by atomic mass is 10.0. The standard InChI is InChI=1S/C17H28N2O2/c1-6-8-13(2)17(20)18-12-16(19(3)4)14-9-7-10-15(11-14)21-5/h7,9-11,13,16H,6,8,12H2,1-5H3,(H,18,20). The van der Waals surface area contributed by atoms with Gasteiger partial charge in [0.05, 0.1) is 13.2 Å². The third-order valence-corrected chi connectivity index (χ3v) is 3.74. The van der Waals surface area contributed by atoms with Crippen LogP contribution in [0.15, 0.2) is 24.3 Å². The summed E-state index contributed by atoms with van der Waals surface area (Å²) < 4.78 is 5.27. The molecular weight excluding hydrogens is 264 g/mol. The molecule has 0 heterocycles. The smallest absolute Gasteiger partial charge is 0.222 e. The Bertz CT molecular complexity index is 446. The van der Waals surface area contributed by atoms with E-state index in [9.17, 15) is 4.79 Å². The van der Waals surface area contributed by atoms with Crippen LogP contribution in [0.4, 0.5) is 0 Å². The first kappa shape index (κ1) is 17.5. The number of hydrogen-bond acceptors (Lipinski definition) is 3. The Hall–Kier alpha value is -1.55. The second kappa shape index (κ2) is 8.67. The largest absolute Gasteiger partial charge is 0.497 e. The quantitative estimate of drug-likeness (QED) is 0.801. The van der Waals surface area contributed by atoms with Crippen molar-refractivity contribution in [1.82, 2.24) is 10.2 Å². The van der Waals surface area contributed by atoms with Gasteiger partial charge in [0.25, 0.3) is 0 Å². The highest BCUT2D eigenvalue weighted by Gasteiger charge is 2.18. The highest BCUT2D eigenvalue weighted by molar-refractivity contribution is 5.78. The number of methoxy groups -OCH3 is 1. The molecule has 0 fully saturated rings. The van der Waals surface area contributed by atoms with Gasteiger partial charge in [0, 0.05) is 12.5 Å². The fourth-order valence-corrected chi connectivity index (χ4v) is 2.38. The number of ether oxygens (including phenoxy) is 1. The van der Waals surface area contributed by atoms with Crippen LogP contribution in [0.2, 0.25) is 0 Å². The van der Waals surface area contributed by atoms with Crippen molar-refractivity contribution in [3.05, 3.63) is 29.8 Å². The van der Waals surface area contributed by atoms with E-state index in [1.807, 2.05) is 39.2 Å². The summed E-state index contributed by atoms with van der Waals surface area (Å²) in [5, 5.41) is 3.06. The molecule has 4 heteroatoms. The van der Waals surface area contributed by atoms with Crippen LogP contribution in [-0.2, 0) is 4.79 Å². The Morgan fingerprint density at radius 2 is 2.10 bits per heavy atom. The summed E-state index contributed by atoms with van der Waals surface area (Å²) in [7, 11) is 5.70. The highest BCUT2D eigenvalue weighted by atomic mass is 16.5. The zero-order valence-corrected chi connectivity index (χ0v) is 13.8. The molecule has 0 saturated heterocycles. The summed E-state index contributed by atoms with van der Waals surface area (Å²) in [6.07, 6.45) is 1.96. The molecule has 4 nitrogen and oxygen atoms in total. The summed E-state index contributed by atoms with van der Waals surface area (Å²) in [6, 6.07) is 8.13. The minimum atomic E-state index is 0.0723. The molecule has 0 spiro atoms. The van der Waals surface area contributed by atoms with E-state index >= 15 is 0 Å². The van der Waals surface area contributed by atoms with Crippen LogP contribution in [0.25, 0.3) is 0 Å². The van der Waals surface area contributed by atoms with Crippen molar-refractivity contribution < 1.29 is 9.53 Å². The van der Waals surface area contributed by atoms with Gasteiger partial charge in [-0.25, -0.2) is 0 Å². The molecule has 1 aromatic rings. The second-order valence-corrected chi connectivity index (χ2v) is 5.69. The first-order valence-electron chi connectivity index (χ1n) is 7.57. The first-order chi connectivity index (χ1) is 9.99. The molecule has 1 amide bonds. The summed E-state index contributed by atoms with van der Waals surface area (Å²) in [4.78, 5) is 14.2. The van der Waals surface area contributed by atoms with E-state index in [0.717, 1.165) is 24.2 Å². The van der Waals surface area contributed by atoms with Crippen molar-refractivity contribution in [3.63, 3.8) is 0 Å². The van der Waals surface area contributed by atoms with E-state index in [1.165, 1.54) is 0 Å². The normalized spacial score (nSPS) is 13.8. The van der Waals surface area contributed by atoms with Crippen LogP contribution in [0.1, 0.15) is 38.3 Å². The minimum Gasteiger partial charge on any atom is -0.497 e. The maximum atomic E-state index is 12.1. The molecule has 21 heavy (non-hydrogen) atoms. The van der Waals surface area contributed by atoms with Crippen molar-refractivity contribution in [1.29, 1.82) is 0 Å². The molecule has 1 rings (SSSR count). The lowest BCUT2D eigenvalue weighted by Gasteiger charge is -2.26. The lowest BCUT2D eigenvalue weighted by molar-refractivity contribution is -0.124. The molecule has 118 valence electrons. The fraction of sp³-hybridized carbons (Fsp3) is 0.588. The molecule has 0 aliphatic heterocycles. The molecule has 0 saturated carbocycles. The van der Waals surface area contributed by atoms with Gasteiger partial charge < -0.3 is 15.0 Å². The van der Waals surface area contributed by atoms with Crippen molar-refractivity contribution in [3.8, 4) is 5.75 Å². The first-order valence-corrected chi connectivity index (χ1v) is 7.57. The van der Waals surface area contributed by atoms with Gasteiger partial charge >= 0.3 is 0 Å². The van der Waals surface area contributed by atoms with Crippen LogP contribution in [-0.4, -0.2) is 38.6 Å². The zero-order valence-electron chi connectivity index (χ0n) is 13.8. The third-order valence-electron chi connectivity index (χ3n) is 3.74. The average molecular weight is 292 g/mol. The Labute approximate surface area is 128 Å². The number of nitrogens with zero attached hydrogens (tertiary/aromatic N) is 1. The van der Waals surface area contributed by atoms with E-state index in [0.29, 0.717) is 6.54 Å². The lowest BCUT2D eigenvalue weighted by Crippen LogP contribution is -2.37. The monoisotopic (exact) mass is 292 g/mol. The Morgan fingerprint density at radius 3 is 2.67 bits per heavy atom. The van der Waals surface area contributed by atoms with Gasteiger partial charge in [0.1, 0.15) is 5.75 Å². The van der Waals surface area contributed by atoms with Crippen molar-refractivity contribution in [2.24, 2.45) is 5.92 Å². The molecule has 0 aliphatic carbocycles. The number of carbonyl (C=O) groups is 1. The molecule has 1 N–H and O–H groups in total. The fourth-order valence-electron chi connectivity index (χ4n) is 2.38. The number of hydrogen-bond donors (Lipinski definition) is 1. The van der Waals surface area contributed by atoms with Gasteiger partial charge in [0.15, 0.2) is 0 Å². The van der Waals surface area contributed by atoms with Crippen molar-refractivity contribution >= 4 is 5.91 Å². The van der Waals surface area contributed by atoms with Crippen LogP contribution in [0.5, 0.6) is 5.75 Å². The van der Waals surface area contributed by atoms with Gasteiger partial charge in [-0.05, 0) is 38.2 Å². The summed E-state index contributed by atoms with van der Waals surface area (Å²) >= 11 is 0. The van der Waals surface area contributed by atoms with E-state index < -0.39 is 0 Å². The third kappa shape index (κ3) is 5.38. The molecule has 1 aromatic carbocycles. The molecule has 2 unspecified atom stereocenters. The number of carbonyl (C=O) groups excluding carboxylic acids is 1. The Kier molecular flexibility index (Phi) is 7.23. The average Bonchev–Trinajstić information content (AvgIpc) is 2.47. The van der Waals surface area contributed by atoms with Gasteiger partial charge in [-0.15, -0.1) is 0 Å². The number of rotatable bonds is 8. The molecule has 0 bridgehead atoms. The van der Waals surface area contributed by atoms with Crippen LogP contribution < -0.4 is 10.1 Å². The number of amides is 1. The van der Waals surface area contributed by atoms with Crippen LogP contribution in [0, 0.1) is 5.92 Å². The van der Waals surface area contributed by atoms with E-state index in [2.05, 4.69) is 23.2 Å². The highest BCUT2D eigenvalue weighted by Crippen LogP contribution is 2.22. The number of benzene rings is 1. The summed E-state index contributed by atoms with van der Waals surface area (Å²) in [6.45, 7) is 4.69. The molecule has 2 atom stereocenters. The molecule has 0 radical (unpaired) electrons. The van der Waals surface area contributed by atoms with E-state index in [1.54, 1.807) is 7.11 Å². The van der Waals surface area contributed by atoms with Gasteiger partial charge in [-0.1, -0.05) is 32.4 Å². The van der Waals surface area contributed by atoms with Crippen molar-refractivity contribution in [2.45, 2.75) is 32.7 Å². The topological polar surface area (TPSA) is 41.6 Å². The predicted octanol–water partition coefficient (Wildman–Crippen LogP) is 2.85. The van der Waals surface area contributed by atoms with Gasteiger partial charge in [-0.2, -0.15) is 0 Å². The summed E-state index contributed by atoms with van der Waals surface area (Å²) in [5.74, 6) is 1.04. The maximum Gasteiger partial charge on any atom is 0.222 e. The minimum absolute atomic E-state index is 0.0723. The van der Waals surface area contributed by atoms with Gasteiger partial charge in [0.2, 0.25) is 5.91 Å². The van der Waals surface area contributed by atoms with Crippen LogP contribution >= 0.6 is 0 Å². The van der Waals surface area contributed by atoms with E-state index in [4.69, 9.17) is 4.74 Å². The Morgan fingerprint density at radius 1 is 1.38 bits per heavy atom. The molecule has 0 aliphatic rings. The predicted molar refractivity (Wildman–Crippen MR) is 86.5 cm³/mol. The zero-order chi connectivity index (χ0) is 15.8. The SMILES string of the molecule is CCCC(C)C(=O)NCC(c1cccc(OC)c1)N(C)C. The Balaban J connectivity index is 2.72. The van der Waals surface area contributed by atoms with E-state index in [-0.39, 0.29) is 17.9 Å². The number of nitrogens with one attached hydrogen (secondary N) is 1.